The number of rotatable bonds is 5. The van der Waals surface area contributed by atoms with Crippen molar-refractivity contribution in [2.24, 2.45) is 0 Å². The Bertz CT molecular complexity index is 414. The van der Waals surface area contributed by atoms with Gasteiger partial charge in [0.05, 0.1) is 0 Å². The fourth-order valence-electron chi connectivity index (χ4n) is 2.12. The van der Waals surface area contributed by atoms with Crippen molar-refractivity contribution in [3.05, 3.63) is 29.8 Å². The van der Waals surface area contributed by atoms with Gasteiger partial charge in [-0.2, -0.15) is 0 Å². The molecule has 0 bridgehead atoms. The number of aryl methyl sites for hydroxylation is 1. The van der Waals surface area contributed by atoms with Crippen LogP contribution in [0.3, 0.4) is 0 Å². The van der Waals surface area contributed by atoms with E-state index in [-0.39, 0.29) is 18.6 Å². The average molecular weight is 263 g/mol. The molecule has 0 radical (unpaired) electrons. The van der Waals surface area contributed by atoms with Crippen molar-refractivity contribution in [2.75, 3.05) is 19.8 Å². The zero-order valence-electron chi connectivity index (χ0n) is 11.4. The summed E-state index contributed by atoms with van der Waals surface area (Å²) in [7, 11) is 0. The van der Waals surface area contributed by atoms with Crippen LogP contribution < -0.4 is 10.1 Å². The molecule has 2 rings (SSSR count). The highest BCUT2D eigenvalue weighted by molar-refractivity contribution is 5.77. The summed E-state index contributed by atoms with van der Waals surface area (Å²) in [6.07, 6.45) is 2.74. The van der Waals surface area contributed by atoms with E-state index in [2.05, 4.69) is 18.3 Å². The van der Waals surface area contributed by atoms with Crippen molar-refractivity contribution in [1.82, 2.24) is 5.32 Å². The van der Waals surface area contributed by atoms with Crippen LogP contribution in [0.15, 0.2) is 24.3 Å². The van der Waals surface area contributed by atoms with Gasteiger partial charge in [-0.15, -0.1) is 0 Å². The fourth-order valence-corrected chi connectivity index (χ4v) is 2.12. The summed E-state index contributed by atoms with van der Waals surface area (Å²) in [6, 6.07) is 8.08. The average Bonchev–Trinajstić information content (AvgIpc) is 2.46. The fraction of sp³-hybridized carbons (Fsp3) is 0.533. The molecule has 4 nitrogen and oxygen atoms in total. The number of ether oxygens (including phenoxy) is 2. The SMILES string of the molecule is CCc1cccc(OCC(=O)NC2CCOCC2)c1. The molecular formula is C15H21NO3. The summed E-state index contributed by atoms with van der Waals surface area (Å²) in [5.41, 5.74) is 1.21. The molecule has 0 aliphatic carbocycles. The molecule has 0 atom stereocenters. The number of hydrogen-bond acceptors (Lipinski definition) is 3. The van der Waals surface area contributed by atoms with Crippen molar-refractivity contribution in [3.8, 4) is 5.75 Å². The second-order valence-corrected chi connectivity index (χ2v) is 4.74. The number of carbonyl (C=O) groups is 1. The van der Waals surface area contributed by atoms with Crippen LogP contribution in [-0.2, 0) is 16.0 Å². The van der Waals surface area contributed by atoms with E-state index in [0.29, 0.717) is 0 Å². The van der Waals surface area contributed by atoms with Crippen LogP contribution in [0.5, 0.6) is 5.75 Å². The van der Waals surface area contributed by atoms with Crippen molar-refractivity contribution in [3.63, 3.8) is 0 Å². The van der Waals surface area contributed by atoms with Gasteiger partial charge < -0.3 is 14.8 Å². The van der Waals surface area contributed by atoms with Crippen molar-refractivity contribution in [2.45, 2.75) is 32.2 Å². The van der Waals surface area contributed by atoms with Gasteiger partial charge in [0.15, 0.2) is 6.61 Å². The Balaban J connectivity index is 1.76. The Morgan fingerprint density at radius 1 is 1.42 bits per heavy atom. The van der Waals surface area contributed by atoms with Gasteiger partial charge in [-0.3, -0.25) is 4.79 Å². The monoisotopic (exact) mass is 263 g/mol. The van der Waals surface area contributed by atoms with Gasteiger partial charge in [0.25, 0.3) is 5.91 Å². The molecule has 1 aliphatic rings. The molecule has 1 saturated heterocycles. The van der Waals surface area contributed by atoms with E-state index in [9.17, 15) is 4.79 Å². The lowest BCUT2D eigenvalue weighted by Gasteiger charge is -2.23. The molecule has 1 fully saturated rings. The molecule has 0 saturated carbocycles. The molecule has 0 unspecified atom stereocenters. The third-order valence-corrected chi connectivity index (χ3v) is 3.26. The van der Waals surface area contributed by atoms with Crippen LogP contribution in [0, 0.1) is 0 Å². The van der Waals surface area contributed by atoms with E-state index in [1.54, 1.807) is 0 Å². The van der Waals surface area contributed by atoms with Gasteiger partial charge in [-0.25, -0.2) is 0 Å². The van der Waals surface area contributed by atoms with Crippen molar-refractivity contribution < 1.29 is 14.3 Å². The summed E-state index contributed by atoms with van der Waals surface area (Å²) < 4.78 is 10.8. The minimum atomic E-state index is -0.0613. The van der Waals surface area contributed by atoms with Gasteiger partial charge in [0.1, 0.15) is 5.75 Å². The highest BCUT2D eigenvalue weighted by Crippen LogP contribution is 2.13. The number of nitrogens with one attached hydrogen (secondary N) is 1. The quantitative estimate of drug-likeness (QED) is 0.883. The predicted octanol–water partition coefficient (Wildman–Crippen LogP) is 1.92. The van der Waals surface area contributed by atoms with Crippen LogP contribution >= 0.6 is 0 Å². The third-order valence-electron chi connectivity index (χ3n) is 3.26. The lowest BCUT2D eigenvalue weighted by Crippen LogP contribution is -2.41. The lowest BCUT2D eigenvalue weighted by molar-refractivity contribution is -0.124. The maximum Gasteiger partial charge on any atom is 0.258 e. The molecule has 1 aromatic rings. The second kappa shape index (κ2) is 7.14. The molecule has 1 amide bonds. The first-order valence-corrected chi connectivity index (χ1v) is 6.87. The van der Waals surface area contributed by atoms with E-state index >= 15 is 0 Å². The van der Waals surface area contributed by atoms with Crippen LogP contribution in [-0.4, -0.2) is 31.8 Å². The van der Waals surface area contributed by atoms with Crippen molar-refractivity contribution >= 4 is 5.91 Å². The number of amides is 1. The van der Waals surface area contributed by atoms with Crippen LogP contribution in [0.25, 0.3) is 0 Å². The Labute approximate surface area is 114 Å². The summed E-state index contributed by atoms with van der Waals surface area (Å²) in [4.78, 5) is 11.8. The molecule has 104 valence electrons. The number of carbonyl (C=O) groups excluding carboxylic acids is 1. The summed E-state index contributed by atoms with van der Waals surface area (Å²) in [5.74, 6) is 0.690. The first-order valence-electron chi connectivity index (χ1n) is 6.87. The molecule has 1 heterocycles. The Kier molecular flexibility index (Phi) is 5.21. The Hall–Kier alpha value is -1.55. The van der Waals surface area contributed by atoms with Gasteiger partial charge in [0.2, 0.25) is 0 Å². The lowest BCUT2D eigenvalue weighted by atomic mass is 10.1. The van der Waals surface area contributed by atoms with E-state index in [1.165, 1.54) is 5.56 Å². The van der Waals surface area contributed by atoms with Crippen LogP contribution in [0.4, 0.5) is 0 Å². The van der Waals surface area contributed by atoms with Gasteiger partial charge >= 0.3 is 0 Å². The van der Waals surface area contributed by atoms with Gasteiger partial charge in [-0.05, 0) is 37.0 Å². The van der Waals surface area contributed by atoms with Gasteiger partial charge in [0, 0.05) is 19.3 Å². The maximum absolute atomic E-state index is 11.8. The molecule has 0 aromatic heterocycles. The topological polar surface area (TPSA) is 47.6 Å². The highest BCUT2D eigenvalue weighted by Gasteiger charge is 2.16. The molecule has 19 heavy (non-hydrogen) atoms. The maximum atomic E-state index is 11.8. The molecule has 4 heteroatoms. The Morgan fingerprint density at radius 2 is 2.21 bits per heavy atom. The van der Waals surface area contributed by atoms with E-state index < -0.39 is 0 Å². The minimum Gasteiger partial charge on any atom is -0.484 e. The molecule has 1 N–H and O–H groups in total. The standard InChI is InChI=1S/C15H21NO3/c1-2-12-4-3-5-14(10-12)19-11-15(17)16-13-6-8-18-9-7-13/h3-5,10,13H,2,6-9,11H2,1H3,(H,16,17). The molecule has 1 aromatic carbocycles. The summed E-state index contributed by atoms with van der Waals surface area (Å²) in [6.45, 7) is 3.62. The Morgan fingerprint density at radius 3 is 2.95 bits per heavy atom. The normalized spacial score (nSPS) is 16.1. The van der Waals surface area contributed by atoms with E-state index in [1.807, 2.05) is 18.2 Å². The predicted molar refractivity (Wildman–Crippen MR) is 73.3 cm³/mol. The minimum absolute atomic E-state index is 0.0613. The van der Waals surface area contributed by atoms with E-state index in [0.717, 1.165) is 38.2 Å². The molecule has 1 aliphatic heterocycles. The number of benzene rings is 1. The number of hydrogen-bond donors (Lipinski definition) is 1. The first-order chi connectivity index (χ1) is 9.28. The largest absolute Gasteiger partial charge is 0.484 e. The van der Waals surface area contributed by atoms with Crippen LogP contribution in [0.1, 0.15) is 25.3 Å². The summed E-state index contributed by atoms with van der Waals surface area (Å²) in [5, 5.41) is 2.97. The third kappa shape index (κ3) is 4.56. The first kappa shape index (κ1) is 13.9. The smallest absolute Gasteiger partial charge is 0.258 e. The zero-order chi connectivity index (χ0) is 13.5. The summed E-state index contributed by atoms with van der Waals surface area (Å²) >= 11 is 0. The van der Waals surface area contributed by atoms with Gasteiger partial charge in [-0.1, -0.05) is 19.1 Å². The zero-order valence-corrected chi connectivity index (χ0v) is 11.4. The van der Waals surface area contributed by atoms with Crippen LogP contribution in [0.2, 0.25) is 0 Å². The highest BCUT2D eigenvalue weighted by atomic mass is 16.5. The molecule has 0 spiro atoms. The van der Waals surface area contributed by atoms with Crippen molar-refractivity contribution in [1.29, 1.82) is 0 Å². The molecular weight excluding hydrogens is 242 g/mol. The second-order valence-electron chi connectivity index (χ2n) is 4.74. The van der Waals surface area contributed by atoms with E-state index in [4.69, 9.17) is 9.47 Å².